The van der Waals surface area contributed by atoms with E-state index in [9.17, 15) is 4.79 Å². The van der Waals surface area contributed by atoms with Crippen molar-refractivity contribution in [2.75, 3.05) is 0 Å². The van der Waals surface area contributed by atoms with Gasteiger partial charge in [-0.3, -0.25) is 0 Å². The van der Waals surface area contributed by atoms with E-state index in [2.05, 4.69) is 16.1 Å². The predicted octanol–water partition coefficient (Wildman–Crippen LogP) is 2.26. The molecule has 1 aliphatic rings. The van der Waals surface area contributed by atoms with Crippen LogP contribution in [-0.2, 0) is 9.63 Å². The lowest BCUT2D eigenvalue weighted by atomic mass is 9.81. The Hall–Kier alpha value is -1.37. The maximum absolute atomic E-state index is 10.6. The van der Waals surface area contributed by atoms with Crippen molar-refractivity contribution in [2.24, 2.45) is 17.0 Å². The minimum atomic E-state index is -0.389. The first-order valence-electron chi connectivity index (χ1n) is 5.25. The van der Waals surface area contributed by atoms with Crippen LogP contribution in [0.25, 0.3) is 0 Å². The van der Waals surface area contributed by atoms with Gasteiger partial charge in [0.2, 0.25) is 0 Å². The second-order valence-electron chi connectivity index (χ2n) is 3.99. The van der Waals surface area contributed by atoms with Crippen LogP contribution >= 0.6 is 0 Å². The molecule has 0 atom stereocenters. The second kappa shape index (κ2) is 5.50. The van der Waals surface area contributed by atoms with Gasteiger partial charge in [-0.05, 0) is 32.6 Å². The number of nitriles is 1. The van der Waals surface area contributed by atoms with Gasteiger partial charge < -0.3 is 4.84 Å². The van der Waals surface area contributed by atoms with Gasteiger partial charge in [-0.25, -0.2) is 4.79 Å². The minimum Gasteiger partial charge on any atom is -0.319 e. The van der Waals surface area contributed by atoms with E-state index >= 15 is 0 Å². The van der Waals surface area contributed by atoms with Crippen LogP contribution < -0.4 is 0 Å². The van der Waals surface area contributed by atoms with E-state index < -0.39 is 0 Å². The third-order valence-corrected chi connectivity index (χ3v) is 2.82. The SMILES string of the molecule is CC(=O)ON=C(C)C1CCC(C#N)CC1. The molecule has 0 heterocycles. The van der Waals surface area contributed by atoms with Crippen molar-refractivity contribution < 1.29 is 9.63 Å². The van der Waals surface area contributed by atoms with Crippen LogP contribution in [-0.4, -0.2) is 11.7 Å². The van der Waals surface area contributed by atoms with Crippen LogP contribution in [0.5, 0.6) is 0 Å². The zero-order chi connectivity index (χ0) is 11.3. The molecular formula is C11H16N2O2. The predicted molar refractivity (Wildman–Crippen MR) is 55.9 cm³/mol. The molecule has 0 spiro atoms. The zero-order valence-electron chi connectivity index (χ0n) is 9.19. The highest BCUT2D eigenvalue weighted by Gasteiger charge is 2.23. The van der Waals surface area contributed by atoms with Crippen molar-refractivity contribution in [3.63, 3.8) is 0 Å². The summed E-state index contributed by atoms with van der Waals surface area (Å²) in [5, 5.41) is 12.5. The lowest BCUT2D eigenvalue weighted by Gasteiger charge is -2.23. The Morgan fingerprint density at radius 1 is 1.33 bits per heavy atom. The molecule has 4 heteroatoms. The maximum atomic E-state index is 10.6. The van der Waals surface area contributed by atoms with Gasteiger partial charge >= 0.3 is 5.97 Å². The molecule has 0 saturated heterocycles. The number of carbonyl (C=O) groups excluding carboxylic acids is 1. The molecule has 0 unspecified atom stereocenters. The molecule has 1 saturated carbocycles. The first-order chi connectivity index (χ1) is 7.13. The number of carbonyl (C=O) groups is 1. The highest BCUT2D eigenvalue weighted by Crippen LogP contribution is 2.29. The van der Waals surface area contributed by atoms with Crippen LogP contribution in [0.15, 0.2) is 5.16 Å². The molecule has 0 aromatic carbocycles. The van der Waals surface area contributed by atoms with E-state index in [1.165, 1.54) is 6.92 Å². The van der Waals surface area contributed by atoms with Gasteiger partial charge in [0.05, 0.1) is 11.8 Å². The Labute approximate surface area is 89.9 Å². The maximum Gasteiger partial charge on any atom is 0.331 e. The fraction of sp³-hybridized carbons (Fsp3) is 0.727. The Morgan fingerprint density at radius 2 is 1.93 bits per heavy atom. The molecule has 0 bridgehead atoms. The average molecular weight is 208 g/mol. The van der Waals surface area contributed by atoms with Crippen LogP contribution in [0.1, 0.15) is 39.5 Å². The molecule has 82 valence electrons. The monoisotopic (exact) mass is 208 g/mol. The number of oxime groups is 1. The van der Waals surface area contributed by atoms with Gasteiger partial charge in [-0.15, -0.1) is 0 Å². The molecule has 0 amide bonds. The summed E-state index contributed by atoms with van der Waals surface area (Å²) in [5.41, 5.74) is 0.863. The summed E-state index contributed by atoms with van der Waals surface area (Å²) >= 11 is 0. The second-order valence-corrected chi connectivity index (χ2v) is 3.99. The summed E-state index contributed by atoms with van der Waals surface area (Å²) in [7, 11) is 0. The summed E-state index contributed by atoms with van der Waals surface area (Å²) in [6.45, 7) is 3.21. The summed E-state index contributed by atoms with van der Waals surface area (Å²) in [6, 6.07) is 2.29. The lowest BCUT2D eigenvalue weighted by molar-refractivity contribution is -0.141. The highest BCUT2D eigenvalue weighted by molar-refractivity contribution is 5.84. The van der Waals surface area contributed by atoms with E-state index in [1.807, 2.05) is 6.92 Å². The summed E-state index contributed by atoms with van der Waals surface area (Å²) in [6.07, 6.45) is 3.78. The fourth-order valence-electron chi connectivity index (χ4n) is 1.85. The van der Waals surface area contributed by atoms with E-state index in [1.54, 1.807) is 0 Å². The third-order valence-electron chi connectivity index (χ3n) is 2.82. The minimum absolute atomic E-state index is 0.197. The van der Waals surface area contributed by atoms with E-state index in [0.717, 1.165) is 31.4 Å². The normalized spacial score (nSPS) is 26.9. The number of rotatable bonds is 2. The van der Waals surface area contributed by atoms with Gasteiger partial charge in [0.15, 0.2) is 0 Å². The lowest BCUT2D eigenvalue weighted by Crippen LogP contribution is -2.19. The van der Waals surface area contributed by atoms with Crippen molar-refractivity contribution in [3.05, 3.63) is 0 Å². The Balaban J connectivity index is 2.43. The average Bonchev–Trinajstić information content (AvgIpc) is 2.26. The van der Waals surface area contributed by atoms with Crippen LogP contribution in [0.3, 0.4) is 0 Å². The molecule has 4 nitrogen and oxygen atoms in total. The Bertz CT molecular complexity index is 296. The highest BCUT2D eigenvalue weighted by atomic mass is 16.7. The molecule has 0 aromatic rings. The molecule has 1 aliphatic carbocycles. The van der Waals surface area contributed by atoms with E-state index in [0.29, 0.717) is 5.92 Å². The van der Waals surface area contributed by atoms with Gasteiger partial charge in [-0.1, -0.05) is 5.16 Å². The van der Waals surface area contributed by atoms with E-state index in [4.69, 9.17) is 5.26 Å². The van der Waals surface area contributed by atoms with Crippen molar-refractivity contribution >= 4 is 11.7 Å². The third kappa shape index (κ3) is 3.70. The molecule has 0 N–H and O–H groups in total. The largest absolute Gasteiger partial charge is 0.331 e. The van der Waals surface area contributed by atoms with E-state index in [-0.39, 0.29) is 11.9 Å². The number of nitrogens with zero attached hydrogens (tertiary/aromatic N) is 2. The van der Waals surface area contributed by atoms with Crippen LogP contribution in [0, 0.1) is 23.2 Å². The first kappa shape index (κ1) is 11.7. The van der Waals surface area contributed by atoms with Gasteiger partial charge in [0.25, 0.3) is 0 Å². The quantitative estimate of drug-likeness (QED) is 0.397. The Kier molecular flexibility index (Phi) is 4.29. The molecule has 1 rings (SSSR count). The molecule has 0 radical (unpaired) electrons. The number of hydrogen-bond donors (Lipinski definition) is 0. The molecule has 1 fully saturated rings. The summed E-state index contributed by atoms with van der Waals surface area (Å²) in [5.74, 6) is 0.178. The standard InChI is InChI=1S/C11H16N2O2/c1-8(13-15-9(2)14)11-5-3-10(7-12)4-6-11/h10-11H,3-6H2,1-2H3. The molecular weight excluding hydrogens is 192 g/mol. The van der Waals surface area contributed by atoms with Crippen molar-refractivity contribution in [1.29, 1.82) is 5.26 Å². The summed E-state index contributed by atoms with van der Waals surface area (Å²) in [4.78, 5) is 15.2. The topological polar surface area (TPSA) is 62.4 Å². The van der Waals surface area contributed by atoms with Crippen LogP contribution in [0.4, 0.5) is 0 Å². The van der Waals surface area contributed by atoms with Gasteiger partial charge in [0.1, 0.15) is 0 Å². The van der Waals surface area contributed by atoms with Crippen LogP contribution in [0.2, 0.25) is 0 Å². The van der Waals surface area contributed by atoms with Crippen molar-refractivity contribution in [3.8, 4) is 6.07 Å². The van der Waals surface area contributed by atoms with Gasteiger partial charge in [0, 0.05) is 18.8 Å². The molecule has 0 aliphatic heterocycles. The van der Waals surface area contributed by atoms with Crippen molar-refractivity contribution in [1.82, 2.24) is 0 Å². The smallest absolute Gasteiger partial charge is 0.319 e. The Morgan fingerprint density at radius 3 is 2.40 bits per heavy atom. The van der Waals surface area contributed by atoms with Crippen molar-refractivity contribution in [2.45, 2.75) is 39.5 Å². The van der Waals surface area contributed by atoms with Gasteiger partial charge in [-0.2, -0.15) is 5.26 Å². The molecule has 15 heavy (non-hydrogen) atoms. The number of hydrogen-bond acceptors (Lipinski definition) is 4. The first-order valence-corrected chi connectivity index (χ1v) is 5.25. The fourth-order valence-corrected chi connectivity index (χ4v) is 1.85. The summed E-state index contributed by atoms with van der Waals surface area (Å²) < 4.78 is 0. The molecule has 0 aromatic heterocycles. The zero-order valence-corrected chi connectivity index (χ0v) is 9.19.